The molecule has 1 aromatic rings. The minimum absolute atomic E-state index is 0.151. The summed E-state index contributed by atoms with van der Waals surface area (Å²) in [4.78, 5) is 0. The lowest BCUT2D eigenvalue weighted by Crippen LogP contribution is -2.41. The minimum atomic E-state index is 0.151. The van der Waals surface area contributed by atoms with Gasteiger partial charge in [0.1, 0.15) is 0 Å². The molecule has 2 nitrogen and oxygen atoms in total. The van der Waals surface area contributed by atoms with E-state index < -0.39 is 0 Å². The van der Waals surface area contributed by atoms with Gasteiger partial charge in [-0.25, -0.2) is 0 Å². The highest BCUT2D eigenvalue weighted by atomic mass is 79.9. The molecule has 0 heterocycles. The Labute approximate surface area is 116 Å². The van der Waals surface area contributed by atoms with Gasteiger partial charge in [0.2, 0.25) is 0 Å². The van der Waals surface area contributed by atoms with Crippen molar-refractivity contribution in [2.45, 2.75) is 31.3 Å². The van der Waals surface area contributed by atoms with E-state index in [1.54, 1.807) is 7.11 Å². The van der Waals surface area contributed by atoms with Crippen LogP contribution in [0.3, 0.4) is 0 Å². The maximum atomic E-state index is 6.31. The van der Waals surface area contributed by atoms with Gasteiger partial charge in [0.15, 0.2) is 0 Å². The van der Waals surface area contributed by atoms with Crippen molar-refractivity contribution in [3.63, 3.8) is 0 Å². The van der Waals surface area contributed by atoms with Crippen LogP contribution in [-0.2, 0) is 16.8 Å². The lowest BCUT2D eigenvalue weighted by Gasteiger charge is -2.42. The van der Waals surface area contributed by atoms with Gasteiger partial charge in [-0.2, -0.15) is 0 Å². The quantitative estimate of drug-likeness (QED) is 0.920. The number of nitrogens with two attached hydrogens (primary N) is 1. The first-order chi connectivity index (χ1) is 8.13. The zero-order chi connectivity index (χ0) is 12.5. The van der Waals surface area contributed by atoms with Gasteiger partial charge in [0.25, 0.3) is 0 Å². The predicted molar refractivity (Wildman–Crippen MR) is 74.4 cm³/mol. The normalized spacial score (nSPS) is 17.9. The molecule has 1 aromatic carbocycles. The van der Waals surface area contributed by atoms with Crippen LogP contribution in [-0.4, -0.2) is 13.7 Å². The fourth-order valence-corrected chi connectivity index (χ4v) is 3.37. The summed E-state index contributed by atoms with van der Waals surface area (Å²) in [5.41, 5.74) is 8.32. The van der Waals surface area contributed by atoms with Gasteiger partial charge in [-0.15, -0.1) is 0 Å². The van der Waals surface area contributed by atoms with Crippen LogP contribution in [0, 0.1) is 0 Å². The van der Waals surface area contributed by atoms with E-state index in [9.17, 15) is 0 Å². The Bertz CT molecular complexity index is 389. The van der Waals surface area contributed by atoms with Crippen molar-refractivity contribution in [2.24, 2.45) is 5.73 Å². The number of hydrogen-bond donors (Lipinski definition) is 1. The summed E-state index contributed by atoms with van der Waals surface area (Å²) in [6, 6.07) is 4.19. The fraction of sp³-hybridized carbons (Fsp3) is 0.538. The topological polar surface area (TPSA) is 35.2 Å². The Morgan fingerprint density at radius 1 is 1.47 bits per heavy atom. The summed E-state index contributed by atoms with van der Waals surface area (Å²) >= 11 is 9.88. The Balaban J connectivity index is 2.38. The van der Waals surface area contributed by atoms with E-state index in [2.05, 4.69) is 22.0 Å². The molecule has 0 saturated heterocycles. The number of benzene rings is 1. The first-order valence-electron chi connectivity index (χ1n) is 5.80. The predicted octanol–water partition coefficient (Wildman–Crippen LogP) is 3.63. The molecular weight excluding hydrogens is 302 g/mol. The smallest absolute Gasteiger partial charge is 0.0738 e. The molecule has 17 heavy (non-hydrogen) atoms. The lowest BCUT2D eigenvalue weighted by atomic mass is 9.64. The Hall–Kier alpha value is -0.0900. The molecule has 0 unspecified atom stereocenters. The molecule has 1 saturated carbocycles. The number of hydrogen-bond acceptors (Lipinski definition) is 2. The Morgan fingerprint density at radius 3 is 2.59 bits per heavy atom. The standard InChI is InChI=1S/C13H17BrClNO/c1-17-7-10-11(14)5-9(6-12(10)15)13(8-16)3-2-4-13/h5-6H,2-4,7-8,16H2,1H3. The van der Waals surface area contributed by atoms with Crippen LogP contribution in [0.25, 0.3) is 0 Å². The SMILES string of the molecule is COCc1c(Cl)cc(C2(CN)CCC2)cc1Br. The lowest BCUT2D eigenvalue weighted by molar-refractivity contribution is 0.184. The van der Waals surface area contributed by atoms with Crippen LogP contribution >= 0.6 is 27.5 Å². The number of methoxy groups -OCH3 is 1. The van der Waals surface area contributed by atoms with E-state index in [0.717, 1.165) is 27.9 Å². The summed E-state index contributed by atoms with van der Waals surface area (Å²) in [6.07, 6.45) is 3.58. The fourth-order valence-electron chi connectivity index (χ4n) is 2.41. The van der Waals surface area contributed by atoms with Gasteiger partial charge < -0.3 is 10.5 Å². The molecule has 0 spiro atoms. The zero-order valence-electron chi connectivity index (χ0n) is 9.93. The molecule has 1 aliphatic rings. The second kappa shape index (κ2) is 5.27. The van der Waals surface area contributed by atoms with Crippen molar-refractivity contribution in [1.29, 1.82) is 0 Å². The second-order valence-corrected chi connectivity index (χ2v) is 5.95. The number of ether oxygens (including phenoxy) is 1. The van der Waals surface area contributed by atoms with E-state index in [4.69, 9.17) is 22.1 Å². The molecule has 0 atom stereocenters. The van der Waals surface area contributed by atoms with Crippen molar-refractivity contribution in [1.82, 2.24) is 0 Å². The molecule has 2 N–H and O–H groups in total. The first-order valence-corrected chi connectivity index (χ1v) is 6.97. The van der Waals surface area contributed by atoms with Crippen LogP contribution in [0.5, 0.6) is 0 Å². The average Bonchev–Trinajstić information content (AvgIpc) is 2.23. The summed E-state index contributed by atoms with van der Waals surface area (Å²) in [5.74, 6) is 0. The van der Waals surface area contributed by atoms with E-state index >= 15 is 0 Å². The number of halogens is 2. The molecule has 0 aliphatic heterocycles. The highest BCUT2D eigenvalue weighted by Gasteiger charge is 2.37. The van der Waals surface area contributed by atoms with Crippen molar-refractivity contribution in [3.8, 4) is 0 Å². The van der Waals surface area contributed by atoms with Gasteiger partial charge >= 0.3 is 0 Å². The first kappa shape index (κ1) is 13.3. The van der Waals surface area contributed by atoms with Gasteiger partial charge in [0, 0.05) is 34.1 Å². The summed E-state index contributed by atoms with van der Waals surface area (Å²) in [7, 11) is 1.67. The largest absolute Gasteiger partial charge is 0.380 e. The van der Waals surface area contributed by atoms with E-state index in [1.165, 1.54) is 12.0 Å². The number of rotatable bonds is 4. The van der Waals surface area contributed by atoms with Gasteiger partial charge in [0.05, 0.1) is 6.61 Å². The monoisotopic (exact) mass is 317 g/mol. The van der Waals surface area contributed by atoms with Crippen molar-refractivity contribution < 1.29 is 4.74 Å². The molecule has 0 amide bonds. The molecule has 2 rings (SSSR count). The second-order valence-electron chi connectivity index (χ2n) is 4.69. The van der Waals surface area contributed by atoms with Crippen LogP contribution in [0.1, 0.15) is 30.4 Å². The third-order valence-electron chi connectivity index (χ3n) is 3.74. The Morgan fingerprint density at radius 2 is 2.18 bits per heavy atom. The van der Waals surface area contributed by atoms with Crippen LogP contribution < -0.4 is 5.73 Å². The van der Waals surface area contributed by atoms with Crippen molar-refractivity contribution >= 4 is 27.5 Å². The maximum absolute atomic E-state index is 6.31. The highest BCUT2D eigenvalue weighted by molar-refractivity contribution is 9.10. The van der Waals surface area contributed by atoms with Gasteiger partial charge in [-0.1, -0.05) is 34.0 Å². The van der Waals surface area contributed by atoms with Gasteiger partial charge in [-0.05, 0) is 30.5 Å². The Kier molecular flexibility index (Phi) is 4.14. The third kappa shape index (κ3) is 2.39. The molecule has 94 valence electrons. The highest BCUT2D eigenvalue weighted by Crippen LogP contribution is 2.45. The van der Waals surface area contributed by atoms with E-state index in [-0.39, 0.29) is 5.41 Å². The van der Waals surface area contributed by atoms with Gasteiger partial charge in [-0.3, -0.25) is 0 Å². The summed E-state index contributed by atoms with van der Waals surface area (Å²) in [5, 5.41) is 0.760. The average molecular weight is 319 g/mol. The molecule has 1 aliphatic carbocycles. The van der Waals surface area contributed by atoms with E-state index in [1.807, 2.05) is 6.07 Å². The molecule has 0 aromatic heterocycles. The van der Waals surface area contributed by atoms with Crippen molar-refractivity contribution in [3.05, 3.63) is 32.8 Å². The summed E-state index contributed by atoms with van der Waals surface area (Å²) < 4.78 is 6.16. The van der Waals surface area contributed by atoms with Crippen LogP contribution in [0.2, 0.25) is 5.02 Å². The maximum Gasteiger partial charge on any atom is 0.0738 e. The van der Waals surface area contributed by atoms with Crippen LogP contribution in [0.4, 0.5) is 0 Å². The van der Waals surface area contributed by atoms with Crippen LogP contribution in [0.15, 0.2) is 16.6 Å². The molecular formula is C13H17BrClNO. The zero-order valence-corrected chi connectivity index (χ0v) is 12.3. The third-order valence-corrected chi connectivity index (χ3v) is 4.79. The molecule has 4 heteroatoms. The minimum Gasteiger partial charge on any atom is -0.380 e. The molecule has 0 bridgehead atoms. The van der Waals surface area contributed by atoms with Crippen molar-refractivity contribution in [2.75, 3.05) is 13.7 Å². The summed E-state index contributed by atoms with van der Waals surface area (Å²) in [6.45, 7) is 1.22. The molecule has 1 fully saturated rings. The van der Waals surface area contributed by atoms with E-state index in [0.29, 0.717) is 13.2 Å². The molecule has 0 radical (unpaired) electrons.